The second-order valence-electron chi connectivity index (χ2n) is 5.40. The van der Waals surface area contributed by atoms with E-state index in [9.17, 15) is 10.2 Å². The van der Waals surface area contributed by atoms with Crippen molar-refractivity contribution in [3.63, 3.8) is 0 Å². The fourth-order valence-corrected chi connectivity index (χ4v) is 2.18. The number of hydrogen-bond acceptors (Lipinski definition) is 7. The van der Waals surface area contributed by atoms with E-state index in [-0.39, 0.29) is 11.5 Å². The number of nitrogens with zero attached hydrogens (tertiary/aromatic N) is 2. The Balaban J connectivity index is 1.59. The number of hydrogen-bond donors (Lipinski definition) is 4. The Hall–Kier alpha value is -3.74. The molecule has 0 saturated carbocycles. The molecular formula is C19H18N4O3. The van der Waals surface area contributed by atoms with E-state index in [0.717, 1.165) is 17.1 Å². The van der Waals surface area contributed by atoms with E-state index in [2.05, 4.69) is 20.8 Å². The van der Waals surface area contributed by atoms with Crippen molar-refractivity contribution in [2.75, 3.05) is 17.9 Å². The lowest BCUT2D eigenvalue weighted by Gasteiger charge is -2.07. The van der Waals surface area contributed by atoms with Crippen LogP contribution >= 0.6 is 0 Å². The summed E-state index contributed by atoms with van der Waals surface area (Å²) in [6.07, 6.45) is 3.13. The minimum Gasteiger partial charge on any atom is -0.508 e. The standard InChI is InChI=1S/C19H18N4O3/c1-26-17-7-3-14(4-8-17)22-15-5-9-19(20-12-15)23-21-11-13-2-6-16(24)10-18(13)25/h2-12,22,24-25H,1H3,(H,20,23). The first-order valence-corrected chi connectivity index (χ1v) is 7.82. The molecular weight excluding hydrogens is 332 g/mol. The summed E-state index contributed by atoms with van der Waals surface area (Å²) in [6, 6.07) is 15.5. The molecule has 3 aromatic rings. The maximum absolute atomic E-state index is 9.69. The number of phenols is 2. The van der Waals surface area contributed by atoms with Gasteiger partial charge in [-0.15, -0.1) is 0 Å². The molecule has 7 nitrogen and oxygen atoms in total. The largest absolute Gasteiger partial charge is 0.508 e. The smallest absolute Gasteiger partial charge is 0.146 e. The van der Waals surface area contributed by atoms with E-state index in [1.165, 1.54) is 18.3 Å². The topological polar surface area (TPSA) is 99.0 Å². The number of phenolic OH excluding ortho intramolecular Hbond substituents is 2. The molecule has 2 aromatic carbocycles. The lowest BCUT2D eigenvalue weighted by Crippen LogP contribution is -1.96. The van der Waals surface area contributed by atoms with Gasteiger partial charge in [0.15, 0.2) is 0 Å². The Kier molecular flexibility index (Phi) is 5.19. The molecule has 0 fully saturated rings. The Morgan fingerprint density at radius 1 is 1.00 bits per heavy atom. The number of ether oxygens (including phenoxy) is 1. The van der Waals surface area contributed by atoms with E-state index in [1.807, 2.05) is 30.3 Å². The van der Waals surface area contributed by atoms with Crippen LogP contribution in [0.25, 0.3) is 0 Å². The van der Waals surface area contributed by atoms with Crippen molar-refractivity contribution in [3.8, 4) is 17.2 Å². The van der Waals surface area contributed by atoms with Crippen LogP contribution in [0, 0.1) is 0 Å². The third-order valence-electron chi connectivity index (χ3n) is 3.54. The third-order valence-corrected chi connectivity index (χ3v) is 3.54. The predicted octanol–water partition coefficient (Wildman–Crippen LogP) is 3.69. The Labute approximate surface area is 150 Å². The second kappa shape index (κ2) is 7.89. The second-order valence-corrected chi connectivity index (χ2v) is 5.40. The molecule has 1 aromatic heterocycles. The molecule has 0 aliphatic rings. The SMILES string of the molecule is COc1ccc(Nc2ccc(NN=Cc3ccc(O)cc3O)nc2)cc1. The van der Waals surface area contributed by atoms with E-state index >= 15 is 0 Å². The number of nitrogens with one attached hydrogen (secondary N) is 2. The fourth-order valence-electron chi connectivity index (χ4n) is 2.18. The van der Waals surface area contributed by atoms with Crippen molar-refractivity contribution in [2.45, 2.75) is 0 Å². The van der Waals surface area contributed by atoms with Gasteiger partial charge in [-0.2, -0.15) is 5.10 Å². The van der Waals surface area contributed by atoms with E-state index in [4.69, 9.17) is 4.74 Å². The van der Waals surface area contributed by atoms with Crippen LogP contribution in [0.3, 0.4) is 0 Å². The first-order valence-electron chi connectivity index (χ1n) is 7.82. The first-order chi connectivity index (χ1) is 12.6. The molecule has 0 atom stereocenters. The summed E-state index contributed by atoms with van der Waals surface area (Å²) in [7, 11) is 1.63. The van der Waals surface area contributed by atoms with Crippen LogP contribution in [0.2, 0.25) is 0 Å². The van der Waals surface area contributed by atoms with Crippen LogP contribution in [-0.4, -0.2) is 28.5 Å². The Bertz CT molecular complexity index is 894. The number of aromatic nitrogens is 1. The summed E-state index contributed by atoms with van der Waals surface area (Å²) in [4.78, 5) is 4.26. The normalized spacial score (nSPS) is 10.7. The Morgan fingerprint density at radius 3 is 2.42 bits per heavy atom. The van der Waals surface area contributed by atoms with Gasteiger partial charge in [0.05, 0.1) is 25.2 Å². The molecule has 1 heterocycles. The number of rotatable bonds is 6. The molecule has 4 N–H and O–H groups in total. The molecule has 0 aliphatic carbocycles. The van der Waals surface area contributed by atoms with Crippen molar-refractivity contribution in [1.29, 1.82) is 0 Å². The maximum Gasteiger partial charge on any atom is 0.146 e. The minimum absolute atomic E-state index is 0.00535. The quantitative estimate of drug-likeness (QED) is 0.400. The predicted molar refractivity (Wildman–Crippen MR) is 102 cm³/mol. The fraction of sp³-hybridized carbons (Fsp3) is 0.0526. The molecule has 132 valence electrons. The van der Waals surface area contributed by atoms with Gasteiger partial charge in [0.1, 0.15) is 23.1 Å². The number of pyridine rings is 1. The number of aromatic hydroxyl groups is 2. The average Bonchev–Trinajstić information content (AvgIpc) is 2.65. The van der Waals surface area contributed by atoms with Gasteiger partial charge in [0.25, 0.3) is 0 Å². The lowest BCUT2D eigenvalue weighted by molar-refractivity contribution is 0.415. The van der Waals surface area contributed by atoms with Gasteiger partial charge in [-0.25, -0.2) is 4.98 Å². The zero-order chi connectivity index (χ0) is 18.4. The van der Waals surface area contributed by atoms with Gasteiger partial charge < -0.3 is 20.3 Å². The third kappa shape index (κ3) is 4.41. The zero-order valence-corrected chi connectivity index (χ0v) is 14.0. The van der Waals surface area contributed by atoms with Crippen molar-refractivity contribution in [1.82, 2.24) is 4.98 Å². The monoisotopic (exact) mass is 350 g/mol. The molecule has 0 amide bonds. The molecule has 0 radical (unpaired) electrons. The lowest BCUT2D eigenvalue weighted by atomic mass is 10.2. The highest BCUT2D eigenvalue weighted by Crippen LogP contribution is 2.21. The molecule has 0 aliphatic heterocycles. The van der Waals surface area contributed by atoms with Gasteiger partial charge in [-0.05, 0) is 48.5 Å². The molecule has 0 bridgehead atoms. The maximum atomic E-state index is 9.69. The van der Waals surface area contributed by atoms with Gasteiger partial charge in [-0.3, -0.25) is 5.43 Å². The van der Waals surface area contributed by atoms with Crippen LogP contribution in [0.5, 0.6) is 17.2 Å². The number of benzene rings is 2. The van der Waals surface area contributed by atoms with Gasteiger partial charge >= 0.3 is 0 Å². The summed E-state index contributed by atoms with van der Waals surface area (Å²) in [5.74, 6) is 1.29. The highest BCUT2D eigenvalue weighted by atomic mass is 16.5. The number of hydrazone groups is 1. The van der Waals surface area contributed by atoms with Crippen molar-refractivity contribution in [2.24, 2.45) is 5.10 Å². The molecule has 7 heteroatoms. The highest BCUT2D eigenvalue weighted by molar-refractivity contribution is 5.84. The van der Waals surface area contributed by atoms with Crippen molar-refractivity contribution < 1.29 is 14.9 Å². The molecule has 0 unspecified atom stereocenters. The molecule has 3 rings (SSSR count). The van der Waals surface area contributed by atoms with E-state index < -0.39 is 0 Å². The number of methoxy groups -OCH3 is 1. The minimum atomic E-state index is -0.0532. The zero-order valence-electron chi connectivity index (χ0n) is 14.0. The van der Waals surface area contributed by atoms with Crippen LogP contribution in [0.15, 0.2) is 65.9 Å². The van der Waals surface area contributed by atoms with Crippen molar-refractivity contribution in [3.05, 3.63) is 66.4 Å². The first kappa shape index (κ1) is 17.1. The number of anilines is 3. The summed E-state index contributed by atoms with van der Waals surface area (Å²) in [5, 5.41) is 26.2. The summed E-state index contributed by atoms with van der Waals surface area (Å²) in [6.45, 7) is 0. The van der Waals surface area contributed by atoms with E-state index in [0.29, 0.717) is 11.4 Å². The van der Waals surface area contributed by atoms with Crippen LogP contribution in [0.4, 0.5) is 17.2 Å². The summed E-state index contributed by atoms with van der Waals surface area (Å²) >= 11 is 0. The van der Waals surface area contributed by atoms with Crippen LogP contribution in [0.1, 0.15) is 5.56 Å². The Morgan fingerprint density at radius 2 is 1.77 bits per heavy atom. The summed E-state index contributed by atoms with van der Waals surface area (Å²) in [5.41, 5.74) is 5.02. The highest BCUT2D eigenvalue weighted by Gasteiger charge is 2.00. The molecule has 0 saturated heterocycles. The average molecular weight is 350 g/mol. The van der Waals surface area contributed by atoms with Crippen molar-refractivity contribution >= 4 is 23.4 Å². The van der Waals surface area contributed by atoms with Crippen LogP contribution < -0.4 is 15.5 Å². The van der Waals surface area contributed by atoms with Gasteiger partial charge in [0.2, 0.25) is 0 Å². The van der Waals surface area contributed by atoms with Crippen LogP contribution in [-0.2, 0) is 0 Å². The van der Waals surface area contributed by atoms with Gasteiger partial charge in [0, 0.05) is 17.3 Å². The van der Waals surface area contributed by atoms with E-state index in [1.54, 1.807) is 25.4 Å². The van der Waals surface area contributed by atoms with Gasteiger partial charge in [-0.1, -0.05) is 0 Å². The summed E-state index contributed by atoms with van der Waals surface area (Å²) < 4.78 is 5.13. The molecule has 26 heavy (non-hydrogen) atoms. The molecule has 0 spiro atoms.